The van der Waals surface area contributed by atoms with Crippen LogP contribution in [0.2, 0.25) is 0 Å². The number of anilines is 3. The van der Waals surface area contributed by atoms with E-state index in [0.717, 1.165) is 15.4 Å². The number of halogens is 1. The number of benzene rings is 2. The molecule has 160 valence electrons. The smallest absolute Gasteiger partial charge is 0.248 e. The zero-order chi connectivity index (χ0) is 22.2. The Morgan fingerprint density at radius 3 is 2.68 bits per heavy atom. The Morgan fingerprint density at radius 1 is 1.13 bits per heavy atom. The molecule has 1 aliphatic heterocycles. The first-order valence-corrected chi connectivity index (χ1v) is 11.1. The van der Waals surface area contributed by atoms with E-state index in [1.807, 2.05) is 26.0 Å². The summed E-state index contributed by atoms with van der Waals surface area (Å²) in [6.07, 6.45) is 1.48. The number of sulfonamides is 1. The van der Waals surface area contributed by atoms with E-state index in [9.17, 15) is 17.6 Å². The monoisotopic (exact) mass is 440 g/mol. The van der Waals surface area contributed by atoms with Crippen LogP contribution >= 0.6 is 0 Å². The first-order valence-electron chi connectivity index (χ1n) is 9.62. The number of amides is 1. The molecule has 3 aromatic rings. The molecule has 0 saturated carbocycles. The van der Waals surface area contributed by atoms with Gasteiger partial charge in [-0.1, -0.05) is 18.2 Å². The van der Waals surface area contributed by atoms with Crippen LogP contribution < -0.4 is 10.2 Å². The van der Waals surface area contributed by atoms with E-state index in [4.69, 9.17) is 0 Å². The largest absolute Gasteiger partial charge is 0.325 e. The minimum Gasteiger partial charge on any atom is -0.325 e. The average Bonchev–Trinajstić information content (AvgIpc) is 2.73. The summed E-state index contributed by atoms with van der Waals surface area (Å²) < 4.78 is 41.2. The van der Waals surface area contributed by atoms with Gasteiger partial charge in [0.2, 0.25) is 15.9 Å². The second-order valence-electron chi connectivity index (χ2n) is 7.29. The van der Waals surface area contributed by atoms with Gasteiger partial charge in [0.1, 0.15) is 10.7 Å². The highest BCUT2D eigenvalue weighted by Crippen LogP contribution is 2.36. The molecule has 0 fully saturated rings. The van der Waals surface area contributed by atoms with E-state index < -0.39 is 28.3 Å². The fourth-order valence-electron chi connectivity index (χ4n) is 3.45. The second-order valence-corrected chi connectivity index (χ2v) is 9.19. The maximum absolute atomic E-state index is 13.8. The molecule has 0 radical (unpaired) electrons. The molecular weight excluding hydrogens is 419 g/mol. The molecule has 0 aliphatic carbocycles. The van der Waals surface area contributed by atoms with Crippen LogP contribution in [-0.4, -0.2) is 36.8 Å². The van der Waals surface area contributed by atoms with Crippen LogP contribution in [0.1, 0.15) is 11.1 Å². The molecule has 2 aromatic carbocycles. The van der Waals surface area contributed by atoms with Gasteiger partial charge in [0.15, 0.2) is 5.82 Å². The molecule has 4 rings (SSSR count). The van der Waals surface area contributed by atoms with Gasteiger partial charge < -0.3 is 10.2 Å². The van der Waals surface area contributed by atoms with Crippen molar-refractivity contribution in [2.24, 2.45) is 0 Å². The molecule has 0 saturated heterocycles. The van der Waals surface area contributed by atoms with Crippen molar-refractivity contribution in [3.63, 3.8) is 0 Å². The molecule has 9 heteroatoms. The van der Waals surface area contributed by atoms with Crippen molar-refractivity contribution in [1.82, 2.24) is 9.29 Å². The van der Waals surface area contributed by atoms with Crippen molar-refractivity contribution in [3.8, 4) is 0 Å². The number of aryl methyl sites for hydroxylation is 1. The zero-order valence-corrected chi connectivity index (χ0v) is 17.9. The number of rotatable bonds is 4. The van der Waals surface area contributed by atoms with Crippen LogP contribution in [0.25, 0.3) is 0 Å². The SMILES string of the molecule is Cc1cccc(NC(=O)CN2CN(c3cccc(F)c3)c3ncccc3S2(=O)=O)c1C. The predicted octanol–water partition coefficient (Wildman–Crippen LogP) is 3.58. The maximum Gasteiger partial charge on any atom is 0.248 e. The highest BCUT2D eigenvalue weighted by Gasteiger charge is 2.38. The van der Waals surface area contributed by atoms with Gasteiger partial charge in [-0.15, -0.1) is 0 Å². The highest BCUT2D eigenvalue weighted by atomic mass is 32.2. The summed E-state index contributed by atoms with van der Waals surface area (Å²) in [4.78, 5) is 18.5. The number of carbonyl (C=O) groups excluding carboxylic acids is 1. The van der Waals surface area contributed by atoms with Crippen molar-refractivity contribution in [2.45, 2.75) is 18.7 Å². The van der Waals surface area contributed by atoms with E-state index in [-0.39, 0.29) is 17.4 Å². The number of hydrogen-bond acceptors (Lipinski definition) is 5. The Kier molecular flexibility index (Phi) is 5.47. The normalized spacial score (nSPS) is 15.4. The lowest BCUT2D eigenvalue weighted by Crippen LogP contribution is -2.47. The number of nitrogens with zero attached hydrogens (tertiary/aromatic N) is 3. The number of carbonyl (C=O) groups is 1. The Balaban J connectivity index is 1.66. The summed E-state index contributed by atoms with van der Waals surface area (Å²) in [7, 11) is -3.96. The van der Waals surface area contributed by atoms with Gasteiger partial charge in [-0.25, -0.2) is 17.8 Å². The zero-order valence-electron chi connectivity index (χ0n) is 17.0. The molecule has 31 heavy (non-hydrogen) atoms. The van der Waals surface area contributed by atoms with Crippen LogP contribution in [0, 0.1) is 19.7 Å². The molecule has 0 unspecified atom stereocenters. The highest BCUT2D eigenvalue weighted by molar-refractivity contribution is 7.89. The Labute approximate surface area is 180 Å². The van der Waals surface area contributed by atoms with E-state index in [1.165, 1.54) is 36.5 Å². The summed E-state index contributed by atoms with van der Waals surface area (Å²) in [5.74, 6) is -0.731. The van der Waals surface area contributed by atoms with Crippen molar-refractivity contribution < 1.29 is 17.6 Å². The Hall–Kier alpha value is -3.30. The second kappa shape index (κ2) is 8.09. The number of hydrogen-bond donors (Lipinski definition) is 1. The third kappa shape index (κ3) is 4.01. The molecule has 0 bridgehead atoms. The van der Waals surface area contributed by atoms with Crippen LogP contribution in [0.4, 0.5) is 21.6 Å². The average molecular weight is 441 g/mol. The fourth-order valence-corrected chi connectivity index (χ4v) is 4.92. The van der Waals surface area contributed by atoms with Crippen molar-refractivity contribution in [3.05, 3.63) is 77.7 Å². The summed E-state index contributed by atoms with van der Waals surface area (Å²) in [6.45, 7) is 3.25. The first kappa shape index (κ1) is 21.0. The molecule has 1 aliphatic rings. The van der Waals surface area contributed by atoms with E-state index >= 15 is 0 Å². The van der Waals surface area contributed by atoms with Gasteiger partial charge in [-0.3, -0.25) is 4.79 Å². The van der Waals surface area contributed by atoms with E-state index in [0.29, 0.717) is 11.4 Å². The van der Waals surface area contributed by atoms with Gasteiger partial charge in [-0.2, -0.15) is 4.31 Å². The molecule has 2 heterocycles. The van der Waals surface area contributed by atoms with Gasteiger partial charge in [0.25, 0.3) is 0 Å². The summed E-state index contributed by atoms with van der Waals surface area (Å²) in [6, 6.07) is 14.3. The number of aromatic nitrogens is 1. The maximum atomic E-state index is 13.8. The standard InChI is InChI=1S/C22H21FN4O3S/c1-15-6-3-9-19(16(15)2)25-21(28)13-26-14-27(18-8-4-7-17(23)12-18)22-20(31(26,29)30)10-5-11-24-22/h3-12H,13-14H2,1-2H3,(H,25,28). The van der Waals surface area contributed by atoms with E-state index in [1.54, 1.807) is 17.0 Å². The lowest BCUT2D eigenvalue weighted by molar-refractivity contribution is -0.116. The van der Waals surface area contributed by atoms with Crippen molar-refractivity contribution in [2.75, 3.05) is 23.4 Å². The first-order chi connectivity index (χ1) is 14.8. The van der Waals surface area contributed by atoms with Gasteiger partial charge in [0, 0.05) is 17.6 Å². The lowest BCUT2D eigenvalue weighted by atomic mass is 10.1. The number of nitrogens with one attached hydrogen (secondary N) is 1. The molecular formula is C22H21FN4O3S. The Morgan fingerprint density at radius 2 is 1.90 bits per heavy atom. The predicted molar refractivity (Wildman–Crippen MR) is 116 cm³/mol. The minimum atomic E-state index is -3.96. The van der Waals surface area contributed by atoms with Crippen LogP contribution in [0.15, 0.2) is 65.7 Å². The minimum absolute atomic E-state index is 0.0370. The molecule has 1 amide bonds. The molecule has 0 spiro atoms. The third-order valence-corrected chi connectivity index (χ3v) is 7.04. The van der Waals surface area contributed by atoms with E-state index in [2.05, 4.69) is 10.3 Å². The molecule has 1 N–H and O–H groups in total. The van der Waals surface area contributed by atoms with Gasteiger partial charge >= 0.3 is 0 Å². The summed E-state index contributed by atoms with van der Waals surface area (Å²) >= 11 is 0. The van der Waals surface area contributed by atoms with Crippen molar-refractivity contribution in [1.29, 1.82) is 0 Å². The van der Waals surface area contributed by atoms with Crippen LogP contribution in [0.3, 0.4) is 0 Å². The summed E-state index contributed by atoms with van der Waals surface area (Å²) in [5.41, 5.74) is 2.99. The Bertz CT molecular complexity index is 1260. The van der Waals surface area contributed by atoms with Crippen molar-refractivity contribution >= 4 is 33.1 Å². The van der Waals surface area contributed by atoms with Gasteiger partial charge in [-0.05, 0) is 61.4 Å². The molecule has 7 nitrogen and oxygen atoms in total. The van der Waals surface area contributed by atoms with Crippen LogP contribution in [0.5, 0.6) is 0 Å². The number of pyridine rings is 1. The fraction of sp³-hybridized carbons (Fsp3) is 0.182. The van der Waals surface area contributed by atoms with Crippen LogP contribution in [-0.2, 0) is 14.8 Å². The molecule has 1 aromatic heterocycles. The quantitative estimate of drug-likeness (QED) is 0.671. The lowest BCUT2D eigenvalue weighted by Gasteiger charge is -2.36. The topological polar surface area (TPSA) is 82.6 Å². The third-order valence-electron chi connectivity index (χ3n) is 5.24. The van der Waals surface area contributed by atoms with Gasteiger partial charge in [0.05, 0.1) is 13.2 Å². The summed E-state index contributed by atoms with van der Waals surface area (Å²) in [5, 5.41) is 2.78. The number of fused-ring (bicyclic) bond motifs is 1. The molecule has 0 atom stereocenters.